The van der Waals surface area contributed by atoms with Gasteiger partial charge >= 0.3 is 0 Å². The van der Waals surface area contributed by atoms with E-state index in [0.29, 0.717) is 18.6 Å². The Bertz CT molecular complexity index is 491. The Kier molecular flexibility index (Phi) is 14.4. The van der Waals surface area contributed by atoms with Gasteiger partial charge in [-0.25, -0.2) is 0 Å². The van der Waals surface area contributed by atoms with E-state index in [0.717, 1.165) is 64.3 Å². The molecule has 0 saturated carbocycles. The Morgan fingerprint density at radius 2 is 1.48 bits per heavy atom. The van der Waals surface area contributed by atoms with Gasteiger partial charge in [0, 0.05) is 13.0 Å². The van der Waals surface area contributed by atoms with Crippen molar-refractivity contribution < 1.29 is 9.53 Å². The summed E-state index contributed by atoms with van der Waals surface area (Å²) in [6.45, 7) is 5.10. The number of allylic oxidation sites excluding steroid dienone is 6. The average molecular weight is 374 g/mol. The second-order valence-electron chi connectivity index (χ2n) is 7.05. The molecule has 3 heteroatoms. The van der Waals surface area contributed by atoms with Gasteiger partial charge < -0.3 is 10.1 Å². The van der Waals surface area contributed by atoms with E-state index >= 15 is 0 Å². The van der Waals surface area contributed by atoms with Gasteiger partial charge in [-0.05, 0) is 51.4 Å². The van der Waals surface area contributed by atoms with Crippen molar-refractivity contribution in [3.05, 3.63) is 48.6 Å². The quantitative estimate of drug-likeness (QED) is 0.204. The van der Waals surface area contributed by atoms with Gasteiger partial charge in [-0.2, -0.15) is 0 Å². The highest BCUT2D eigenvalue weighted by Crippen LogP contribution is 2.29. The van der Waals surface area contributed by atoms with E-state index in [1.807, 2.05) is 0 Å². The number of nitrogens with one attached hydrogen (secondary N) is 1. The minimum Gasteiger partial charge on any atom is -0.369 e. The maximum Gasteiger partial charge on any atom is 0.220 e. The SMILES string of the molecule is CC/C=C\C/C=C\C/C=C\CC1OC1C/C=C\CCCC(=O)NCCCC. The van der Waals surface area contributed by atoms with Crippen LogP contribution in [0.15, 0.2) is 48.6 Å². The summed E-state index contributed by atoms with van der Waals surface area (Å²) in [5.74, 6) is 0.182. The second-order valence-corrected chi connectivity index (χ2v) is 7.05. The molecule has 1 fully saturated rings. The zero-order chi connectivity index (χ0) is 19.6. The van der Waals surface area contributed by atoms with E-state index in [1.165, 1.54) is 0 Å². The molecule has 0 spiro atoms. The molecule has 0 aromatic heterocycles. The first-order chi connectivity index (χ1) is 13.3. The molecule has 2 atom stereocenters. The molecule has 0 aromatic carbocycles. The number of amides is 1. The van der Waals surface area contributed by atoms with Crippen LogP contribution in [0.1, 0.15) is 78.1 Å². The summed E-state index contributed by atoms with van der Waals surface area (Å²) < 4.78 is 5.69. The molecule has 1 heterocycles. The molecular weight excluding hydrogens is 334 g/mol. The molecule has 0 bridgehead atoms. The number of carbonyl (C=O) groups excluding carboxylic acids is 1. The van der Waals surface area contributed by atoms with Gasteiger partial charge in [0.05, 0.1) is 12.2 Å². The Morgan fingerprint density at radius 3 is 2.15 bits per heavy atom. The van der Waals surface area contributed by atoms with Gasteiger partial charge in [-0.15, -0.1) is 0 Å². The van der Waals surface area contributed by atoms with Crippen LogP contribution in [0.25, 0.3) is 0 Å². The van der Waals surface area contributed by atoms with Crippen molar-refractivity contribution in [2.45, 2.75) is 90.3 Å². The number of rotatable bonds is 16. The first-order valence-corrected chi connectivity index (χ1v) is 10.8. The van der Waals surface area contributed by atoms with E-state index < -0.39 is 0 Å². The fourth-order valence-electron chi connectivity index (χ4n) is 2.75. The van der Waals surface area contributed by atoms with Gasteiger partial charge in [0.15, 0.2) is 0 Å². The number of unbranched alkanes of at least 4 members (excludes halogenated alkanes) is 2. The van der Waals surface area contributed by atoms with Gasteiger partial charge in [-0.3, -0.25) is 4.79 Å². The van der Waals surface area contributed by atoms with Crippen LogP contribution >= 0.6 is 0 Å². The largest absolute Gasteiger partial charge is 0.369 e. The van der Waals surface area contributed by atoms with Crippen LogP contribution in [-0.4, -0.2) is 24.7 Å². The number of ether oxygens (including phenoxy) is 1. The van der Waals surface area contributed by atoms with Crippen LogP contribution in [0, 0.1) is 0 Å². The molecule has 1 aliphatic heterocycles. The molecule has 1 aliphatic rings. The van der Waals surface area contributed by atoms with Gasteiger partial charge in [0.25, 0.3) is 0 Å². The Labute approximate surface area is 166 Å². The molecule has 1 rings (SSSR count). The van der Waals surface area contributed by atoms with E-state index in [4.69, 9.17) is 4.74 Å². The Balaban J connectivity index is 1.94. The third-order valence-corrected chi connectivity index (χ3v) is 4.50. The van der Waals surface area contributed by atoms with Crippen molar-refractivity contribution in [1.29, 1.82) is 0 Å². The minimum absolute atomic E-state index is 0.182. The molecule has 27 heavy (non-hydrogen) atoms. The summed E-state index contributed by atoms with van der Waals surface area (Å²) >= 11 is 0. The fraction of sp³-hybridized carbons (Fsp3) is 0.625. The van der Waals surface area contributed by atoms with Crippen molar-refractivity contribution in [2.75, 3.05) is 6.54 Å². The van der Waals surface area contributed by atoms with Gasteiger partial charge in [-0.1, -0.05) is 68.9 Å². The predicted octanol–water partition coefficient (Wildman–Crippen LogP) is 6.04. The lowest BCUT2D eigenvalue weighted by Gasteiger charge is -2.02. The summed E-state index contributed by atoms with van der Waals surface area (Å²) in [6.07, 6.45) is 28.3. The molecule has 1 saturated heterocycles. The van der Waals surface area contributed by atoms with Crippen molar-refractivity contribution in [3.8, 4) is 0 Å². The first-order valence-electron chi connectivity index (χ1n) is 10.8. The van der Waals surface area contributed by atoms with Crippen molar-refractivity contribution in [2.24, 2.45) is 0 Å². The third-order valence-electron chi connectivity index (χ3n) is 4.50. The van der Waals surface area contributed by atoms with Crippen molar-refractivity contribution in [1.82, 2.24) is 5.32 Å². The summed E-state index contributed by atoms with van der Waals surface area (Å²) in [4.78, 5) is 11.6. The maximum atomic E-state index is 11.6. The lowest BCUT2D eigenvalue weighted by molar-refractivity contribution is -0.121. The maximum absolute atomic E-state index is 11.6. The Morgan fingerprint density at radius 1 is 0.852 bits per heavy atom. The van der Waals surface area contributed by atoms with Crippen LogP contribution in [0.2, 0.25) is 0 Å². The molecule has 0 aliphatic carbocycles. The molecule has 1 N–H and O–H groups in total. The molecule has 1 amide bonds. The van der Waals surface area contributed by atoms with Crippen LogP contribution in [-0.2, 0) is 9.53 Å². The zero-order valence-corrected chi connectivity index (χ0v) is 17.4. The molecule has 3 nitrogen and oxygen atoms in total. The lowest BCUT2D eigenvalue weighted by Crippen LogP contribution is -2.23. The highest BCUT2D eigenvalue weighted by Gasteiger charge is 2.35. The van der Waals surface area contributed by atoms with Gasteiger partial charge in [0.1, 0.15) is 0 Å². The van der Waals surface area contributed by atoms with E-state index in [9.17, 15) is 4.79 Å². The lowest BCUT2D eigenvalue weighted by atomic mass is 10.1. The summed E-state index contributed by atoms with van der Waals surface area (Å²) in [5, 5.41) is 2.96. The van der Waals surface area contributed by atoms with Crippen LogP contribution < -0.4 is 5.32 Å². The molecular formula is C24H39NO2. The second kappa shape index (κ2) is 16.6. The minimum atomic E-state index is 0.182. The molecule has 152 valence electrons. The van der Waals surface area contributed by atoms with Crippen LogP contribution in [0.3, 0.4) is 0 Å². The standard InChI is InChI=1S/C24H39NO2/c1-3-5-7-8-9-10-11-12-15-18-22-23(27-22)19-16-13-14-17-20-24(26)25-21-6-4-2/h5,7,9-10,12-13,15-16,22-23H,3-4,6,8,11,14,17-21H2,1-2H3,(H,25,26)/b7-5-,10-9-,15-12-,16-13-. The van der Waals surface area contributed by atoms with Crippen LogP contribution in [0.4, 0.5) is 0 Å². The average Bonchev–Trinajstić information content (AvgIpc) is 3.41. The summed E-state index contributed by atoms with van der Waals surface area (Å²) in [6, 6.07) is 0. The number of hydrogen-bond acceptors (Lipinski definition) is 2. The molecule has 0 aromatic rings. The third kappa shape index (κ3) is 14.2. The van der Waals surface area contributed by atoms with Gasteiger partial charge in [0.2, 0.25) is 5.91 Å². The Hall–Kier alpha value is -1.61. The van der Waals surface area contributed by atoms with Crippen LogP contribution in [0.5, 0.6) is 0 Å². The summed E-state index contributed by atoms with van der Waals surface area (Å²) in [5.41, 5.74) is 0. The van der Waals surface area contributed by atoms with E-state index in [1.54, 1.807) is 0 Å². The highest BCUT2D eigenvalue weighted by atomic mass is 16.6. The smallest absolute Gasteiger partial charge is 0.220 e. The molecule has 2 unspecified atom stereocenters. The summed E-state index contributed by atoms with van der Waals surface area (Å²) in [7, 11) is 0. The van der Waals surface area contributed by atoms with E-state index in [-0.39, 0.29) is 5.91 Å². The number of carbonyl (C=O) groups is 1. The first kappa shape index (κ1) is 23.4. The topological polar surface area (TPSA) is 41.6 Å². The zero-order valence-electron chi connectivity index (χ0n) is 17.4. The highest BCUT2D eigenvalue weighted by molar-refractivity contribution is 5.75. The number of hydrogen-bond donors (Lipinski definition) is 1. The normalized spacial score (nSPS) is 19.8. The molecule has 0 radical (unpaired) electrons. The number of epoxide rings is 1. The fourth-order valence-corrected chi connectivity index (χ4v) is 2.75. The monoisotopic (exact) mass is 373 g/mol. The van der Waals surface area contributed by atoms with Crippen molar-refractivity contribution >= 4 is 5.91 Å². The predicted molar refractivity (Wildman–Crippen MR) is 116 cm³/mol. The van der Waals surface area contributed by atoms with Crippen molar-refractivity contribution in [3.63, 3.8) is 0 Å². The van der Waals surface area contributed by atoms with E-state index in [2.05, 4.69) is 67.8 Å².